The molecule has 1 unspecified atom stereocenters. The maximum atomic E-state index is 14.0. The molecule has 1 spiro atoms. The Morgan fingerprint density at radius 3 is 2.89 bits per heavy atom. The van der Waals surface area contributed by atoms with Crippen molar-refractivity contribution in [2.45, 2.75) is 25.8 Å². The third-order valence-corrected chi connectivity index (χ3v) is 5.79. The molecular weight excluding hydrogens is 348 g/mol. The molecule has 1 atom stereocenters. The van der Waals surface area contributed by atoms with Crippen molar-refractivity contribution < 1.29 is 8.78 Å². The first-order valence-corrected chi connectivity index (χ1v) is 9.50. The molecule has 2 aromatic rings. The molecule has 0 aliphatic carbocycles. The van der Waals surface area contributed by atoms with Crippen LogP contribution in [-0.4, -0.2) is 48.1 Å². The van der Waals surface area contributed by atoms with Crippen LogP contribution in [0.4, 0.5) is 20.5 Å². The van der Waals surface area contributed by atoms with Gasteiger partial charge in [0.1, 0.15) is 5.82 Å². The monoisotopic (exact) mass is 373 g/mol. The van der Waals surface area contributed by atoms with Gasteiger partial charge < -0.3 is 10.2 Å². The number of likely N-dealkylation sites (tertiary alicyclic amines) is 1. The van der Waals surface area contributed by atoms with Gasteiger partial charge in [-0.05, 0) is 37.9 Å². The van der Waals surface area contributed by atoms with E-state index in [1.165, 1.54) is 6.07 Å². The van der Waals surface area contributed by atoms with E-state index in [0.717, 1.165) is 57.2 Å². The standard InChI is InChI=1S/C20H25F2N5/c1-23-17-6-9-24-19(25-17)27-11-8-20(14-27)7-3-10-26(13-20)12-15-4-2-5-16(21)18(15)22/h2,4-6,9H,3,7-8,10-14H2,1H3,(H,23,24,25). The fourth-order valence-corrected chi connectivity index (χ4v) is 4.44. The van der Waals surface area contributed by atoms with Crippen LogP contribution in [0.25, 0.3) is 0 Å². The van der Waals surface area contributed by atoms with E-state index in [4.69, 9.17) is 0 Å². The molecule has 7 heteroatoms. The Labute approximate surface area is 158 Å². The van der Waals surface area contributed by atoms with Crippen LogP contribution in [0.2, 0.25) is 0 Å². The lowest BCUT2D eigenvalue weighted by Gasteiger charge is -2.40. The van der Waals surface area contributed by atoms with Gasteiger partial charge in [0.25, 0.3) is 0 Å². The van der Waals surface area contributed by atoms with Gasteiger partial charge in [0.2, 0.25) is 5.95 Å². The highest BCUT2D eigenvalue weighted by Gasteiger charge is 2.42. The van der Waals surface area contributed by atoms with Crippen LogP contribution in [0.3, 0.4) is 0 Å². The number of aromatic nitrogens is 2. The number of nitrogens with zero attached hydrogens (tertiary/aromatic N) is 4. The summed E-state index contributed by atoms with van der Waals surface area (Å²) >= 11 is 0. The Morgan fingerprint density at radius 2 is 2.04 bits per heavy atom. The quantitative estimate of drug-likeness (QED) is 0.891. The summed E-state index contributed by atoms with van der Waals surface area (Å²) in [6.45, 7) is 4.10. The van der Waals surface area contributed by atoms with E-state index >= 15 is 0 Å². The first kappa shape index (κ1) is 18.1. The highest BCUT2D eigenvalue weighted by molar-refractivity contribution is 5.42. The smallest absolute Gasteiger partial charge is 0.227 e. The highest BCUT2D eigenvalue weighted by Crippen LogP contribution is 2.40. The summed E-state index contributed by atoms with van der Waals surface area (Å²) in [6.07, 6.45) is 5.07. The molecule has 2 saturated heterocycles. The van der Waals surface area contributed by atoms with Gasteiger partial charge in [-0.1, -0.05) is 12.1 Å². The van der Waals surface area contributed by atoms with E-state index in [9.17, 15) is 8.78 Å². The SMILES string of the molecule is CNc1ccnc(N2CCC3(CCCN(Cc4cccc(F)c4F)C3)C2)n1. The average Bonchev–Trinajstić information content (AvgIpc) is 3.09. The van der Waals surface area contributed by atoms with Crippen LogP contribution >= 0.6 is 0 Å². The van der Waals surface area contributed by atoms with Crippen molar-refractivity contribution in [2.24, 2.45) is 5.41 Å². The maximum Gasteiger partial charge on any atom is 0.227 e. The van der Waals surface area contributed by atoms with E-state index in [1.807, 2.05) is 13.1 Å². The minimum atomic E-state index is -0.771. The molecule has 2 aliphatic rings. The maximum absolute atomic E-state index is 14.0. The number of anilines is 2. The molecule has 0 amide bonds. The number of halogens is 2. The minimum absolute atomic E-state index is 0.168. The van der Waals surface area contributed by atoms with Crippen molar-refractivity contribution in [3.8, 4) is 0 Å². The van der Waals surface area contributed by atoms with Crippen molar-refractivity contribution >= 4 is 11.8 Å². The topological polar surface area (TPSA) is 44.3 Å². The Morgan fingerprint density at radius 1 is 1.15 bits per heavy atom. The predicted molar refractivity (Wildman–Crippen MR) is 102 cm³/mol. The fraction of sp³-hybridized carbons (Fsp3) is 0.500. The molecule has 2 fully saturated rings. The Kier molecular flexibility index (Phi) is 4.95. The van der Waals surface area contributed by atoms with Crippen LogP contribution in [0.15, 0.2) is 30.5 Å². The molecule has 144 valence electrons. The average molecular weight is 373 g/mol. The molecule has 1 aromatic carbocycles. The summed E-state index contributed by atoms with van der Waals surface area (Å²) < 4.78 is 27.6. The molecular formula is C20H25F2N5. The predicted octanol–water partition coefficient (Wildman–Crippen LogP) is 3.29. The lowest BCUT2D eigenvalue weighted by molar-refractivity contribution is 0.0979. The summed E-state index contributed by atoms with van der Waals surface area (Å²) in [7, 11) is 1.85. The first-order chi connectivity index (χ1) is 13.1. The molecule has 1 N–H and O–H groups in total. The van der Waals surface area contributed by atoms with Crippen LogP contribution in [0, 0.1) is 17.0 Å². The highest BCUT2D eigenvalue weighted by atomic mass is 19.2. The second kappa shape index (κ2) is 7.38. The molecule has 4 rings (SSSR count). The van der Waals surface area contributed by atoms with Crippen molar-refractivity contribution in [3.05, 3.63) is 47.7 Å². The molecule has 3 heterocycles. The van der Waals surface area contributed by atoms with E-state index in [2.05, 4.69) is 25.1 Å². The second-order valence-corrected chi connectivity index (χ2v) is 7.69. The summed E-state index contributed by atoms with van der Waals surface area (Å²) in [6, 6.07) is 6.28. The lowest BCUT2D eigenvalue weighted by Crippen LogP contribution is -2.44. The second-order valence-electron chi connectivity index (χ2n) is 7.69. The molecule has 0 radical (unpaired) electrons. The van der Waals surface area contributed by atoms with Crippen LogP contribution < -0.4 is 10.2 Å². The minimum Gasteiger partial charge on any atom is -0.373 e. The van der Waals surface area contributed by atoms with E-state index in [-0.39, 0.29) is 5.41 Å². The Hall–Kier alpha value is -2.28. The largest absolute Gasteiger partial charge is 0.373 e. The van der Waals surface area contributed by atoms with Gasteiger partial charge in [0.05, 0.1) is 0 Å². The molecule has 0 bridgehead atoms. The first-order valence-electron chi connectivity index (χ1n) is 9.50. The van der Waals surface area contributed by atoms with Gasteiger partial charge in [0, 0.05) is 50.4 Å². The Bertz CT molecular complexity index is 815. The zero-order chi connectivity index (χ0) is 18.9. The number of hydrogen-bond donors (Lipinski definition) is 1. The van der Waals surface area contributed by atoms with Crippen molar-refractivity contribution in [2.75, 3.05) is 43.4 Å². The van der Waals surface area contributed by atoms with Gasteiger partial charge >= 0.3 is 0 Å². The van der Waals surface area contributed by atoms with Crippen LogP contribution in [0.1, 0.15) is 24.8 Å². The molecule has 27 heavy (non-hydrogen) atoms. The third kappa shape index (κ3) is 3.74. The lowest BCUT2D eigenvalue weighted by atomic mass is 9.79. The number of rotatable bonds is 4. The Balaban J connectivity index is 1.45. The van der Waals surface area contributed by atoms with Crippen LogP contribution in [0.5, 0.6) is 0 Å². The number of benzene rings is 1. The summed E-state index contributed by atoms with van der Waals surface area (Å²) in [4.78, 5) is 13.5. The van der Waals surface area contributed by atoms with Crippen molar-refractivity contribution in [3.63, 3.8) is 0 Å². The van der Waals surface area contributed by atoms with Crippen molar-refractivity contribution in [1.29, 1.82) is 0 Å². The van der Waals surface area contributed by atoms with Crippen LogP contribution in [-0.2, 0) is 6.54 Å². The fourth-order valence-electron chi connectivity index (χ4n) is 4.44. The number of hydrogen-bond acceptors (Lipinski definition) is 5. The van der Waals surface area contributed by atoms with Gasteiger partial charge in [-0.2, -0.15) is 4.98 Å². The van der Waals surface area contributed by atoms with Gasteiger partial charge in [0.15, 0.2) is 11.6 Å². The zero-order valence-corrected chi connectivity index (χ0v) is 15.6. The van der Waals surface area contributed by atoms with E-state index in [0.29, 0.717) is 12.1 Å². The molecule has 2 aliphatic heterocycles. The van der Waals surface area contributed by atoms with Gasteiger partial charge in [-0.25, -0.2) is 13.8 Å². The summed E-state index contributed by atoms with van der Waals surface area (Å²) in [5.41, 5.74) is 0.605. The summed E-state index contributed by atoms with van der Waals surface area (Å²) in [5, 5.41) is 3.05. The van der Waals surface area contributed by atoms with E-state index in [1.54, 1.807) is 18.3 Å². The molecule has 0 saturated carbocycles. The zero-order valence-electron chi connectivity index (χ0n) is 15.6. The van der Waals surface area contributed by atoms with Gasteiger partial charge in [-0.3, -0.25) is 4.90 Å². The molecule has 1 aromatic heterocycles. The van der Waals surface area contributed by atoms with E-state index < -0.39 is 11.6 Å². The van der Waals surface area contributed by atoms with Crippen molar-refractivity contribution in [1.82, 2.24) is 14.9 Å². The third-order valence-electron chi connectivity index (χ3n) is 5.79. The normalized spacial score (nSPS) is 23.1. The number of piperidine rings is 1. The number of nitrogens with one attached hydrogen (secondary N) is 1. The molecule has 5 nitrogen and oxygen atoms in total. The summed E-state index contributed by atoms with van der Waals surface area (Å²) in [5.74, 6) is 0.0788. The van der Waals surface area contributed by atoms with Gasteiger partial charge in [-0.15, -0.1) is 0 Å².